The van der Waals surface area contributed by atoms with Crippen LogP contribution in [0.4, 0.5) is 0 Å². The fourth-order valence-corrected chi connectivity index (χ4v) is 2.33. The second kappa shape index (κ2) is 5.64. The first-order chi connectivity index (χ1) is 7.06. The van der Waals surface area contributed by atoms with Crippen molar-refractivity contribution in [3.63, 3.8) is 0 Å². The molecule has 0 aromatic heterocycles. The van der Waals surface area contributed by atoms with Crippen molar-refractivity contribution < 1.29 is 0 Å². The Morgan fingerprint density at radius 1 is 1.40 bits per heavy atom. The van der Waals surface area contributed by atoms with Crippen LogP contribution in [0.25, 0.3) is 0 Å². The maximum absolute atomic E-state index is 6.00. The molecule has 15 heavy (non-hydrogen) atoms. The smallest absolute Gasteiger partial charge is 0.0546 e. The van der Waals surface area contributed by atoms with E-state index in [1.54, 1.807) is 0 Å². The van der Waals surface area contributed by atoms with Gasteiger partial charge in [-0.15, -0.1) is 6.58 Å². The van der Waals surface area contributed by atoms with Crippen LogP contribution >= 0.6 is 0 Å². The van der Waals surface area contributed by atoms with Gasteiger partial charge in [0.25, 0.3) is 0 Å². The molecule has 1 saturated heterocycles. The van der Waals surface area contributed by atoms with Gasteiger partial charge in [0.2, 0.25) is 0 Å². The average Bonchev–Trinajstić information content (AvgIpc) is 2.17. The molecule has 0 aliphatic carbocycles. The molecule has 1 aliphatic heterocycles. The molecule has 1 heterocycles. The summed E-state index contributed by atoms with van der Waals surface area (Å²) in [6, 6.07) is 0.582. The number of nitrogens with two attached hydrogens (primary N) is 1. The lowest BCUT2D eigenvalue weighted by atomic mass is 9.99. The van der Waals surface area contributed by atoms with Crippen molar-refractivity contribution in [2.75, 3.05) is 26.2 Å². The number of nitrogens with zero attached hydrogens (tertiary/aromatic N) is 2. The Hall–Kier alpha value is -0.380. The van der Waals surface area contributed by atoms with Crippen molar-refractivity contribution in [2.24, 2.45) is 11.7 Å². The first-order valence-corrected chi connectivity index (χ1v) is 5.90. The van der Waals surface area contributed by atoms with Crippen molar-refractivity contribution >= 4 is 0 Å². The molecule has 3 nitrogen and oxygen atoms in total. The van der Waals surface area contributed by atoms with E-state index in [9.17, 15) is 0 Å². The minimum absolute atomic E-state index is 0.170. The fourth-order valence-electron chi connectivity index (χ4n) is 2.33. The number of piperazine rings is 1. The normalized spacial score (nSPS) is 26.9. The molecular formula is C12H25N3. The highest BCUT2D eigenvalue weighted by Crippen LogP contribution is 2.18. The minimum Gasteiger partial charge on any atom is -0.316 e. The Morgan fingerprint density at radius 3 is 2.53 bits per heavy atom. The second-order valence-electron chi connectivity index (χ2n) is 4.84. The average molecular weight is 211 g/mol. The summed E-state index contributed by atoms with van der Waals surface area (Å²) < 4.78 is 0. The first-order valence-electron chi connectivity index (χ1n) is 5.90. The summed E-state index contributed by atoms with van der Waals surface area (Å²) in [7, 11) is 0. The molecular weight excluding hydrogens is 186 g/mol. The van der Waals surface area contributed by atoms with Gasteiger partial charge >= 0.3 is 0 Å². The van der Waals surface area contributed by atoms with E-state index in [1.165, 1.54) is 0 Å². The molecule has 0 radical (unpaired) electrons. The summed E-state index contributed by atoms with van der Waals surface area (Å²) in [6.07, 6.45) is 2.15. The van der Waals surface area contributed by atoms with Gasteiger partial charge in [-0.25, -0.2) is 0 Å². The summed E-state index contributed by atoms with van der Waals surface area (Å²) in [6.45, 7) is 14.7. The third-order valence-electron chi connectivity index (χ3n) is 3.23. The molecule has 0 unspecified atom stereocenters. The van der Waals surface area contributed by atoms with E-state index in [-0.39, 0.29) is 6.17 Å². The lowest BCUT2D eigenvalue weighted by Crippen LogP contribution is -2.59. The molecule has 1 aliphatic rings. The molecule has 0 aromatic carbocycles. The Labute approximate surface area is 93.9 Å². The van der Waals surface area contributed by atoms with Crippen molar-refractivity contribution in [3.05, 3.63) is 12.7 Å². The summed E-state index contributed by atoms with van der Waals surface area (Å²) >= 11 is 0. The highest BCUT2D eigenvalue weighted by molar-refractivity contribution is 4.87. The summed E-state index contributed by atoms with van der Waals surface area (Å²) in [5, 5.41) is 0. The van der Waals surface area contributed by atoms with E-state index in [4.69, 9.17) is 5.73 Å². The molecule has 3 heteroatoms. The molecule has 1 rings (SSSR count). The van der Waals surface area contributed by atoms with E-state index in [0.717, 1.165) is 26.2 Å². The maximum atomic E-state index is 6.00. The molecule has 1 fully saturated rings. The van der Waals surface area contributed by atoms with E-state index in [1.807, 2.05) is 6.08 Å². The van der Waals surface area contributed by atoms with Gasteiger partial charge in [0.05, 0.1) is 6.17 Å². The lowest BCUT2D eigenvalue weighted by molar-refractivity contribution is 0.0301. The number of hydrogen-bond acceptors (Lipinski definition) is 3. The molecule has 0 amide bonds. The van der Waals surface area contributed by atoms with Crippen LogP contribution in [0.3, 0.4) is 0 Å². The van der Waals surface area contributed by atoms with Gasteiger partial charge in [0.15, 0.2) is 0 Å². The Morgan fingerprint density at radius 2 is 2.07 bits per heavy atom. The zero-order valence-corrected chi connectivity index (χ0v) is 10.3. The predicted octanol–water partition coefficient (Wildman–Crippen LogP) is 1.12. The standard InChI is InChI=1S/C12H25N3/c1-5-6-14-7-8-15(11(4)13)12(9-14)10(2)3/h5,10-12H,1,6-9,13H2,2-4H3/t11-,12-/m1/s1. The van der Waals surface area contributed by atoms with Crippen LogP contribution in [0.15, 0.2) is 12.7 Å². The Bertz CT molecular complexity index is 201. The molecule has 0 bridgehead atoms. The quantitative estimate of drug-likeness (QED) is 0.707. The van der Waals surface area contributed by atoms with Gasteiger partial charge in [0.1, 0.15) is 0 Å². The fraction of sp³-hybridized carbons (Fsp3) is 0.833. The van der Waals surface area contributed by atoms with Crippen LogP contribution < -0.4 is 5.73 Å². The van der Waals surface area contributed by atoms with Gasteiger partial charge in [-0.2, -0.15) is 0 Å². The van der Waals surface area contributed by atoms with Crippen LogP contribution in [-0.4, -0.2) is 48.2 Å². The predicted molar refractivity (Wildman–Crippen MR) is 65.6 cm³/mol. The third-order valence-corrected chi connectivity index (χ3v) is 3.23. The lowest BCUT2D eigenvalue weighted by Gasteiger charge is -2.45. The van der Waals surface area contributed by atoms with Crippen LogP contribution in [0, 0.1) is 5.92 Å². The van der Waals surface area contributed by atoms with Crippen LogP contribution in [0.5, 0.6) is 0 Å². The summed E-state index contributed by atoms with van der Waals surface area (Å²) in [5.41, 5.74) is 6.00. The second-order valence-corrected chi connectivity index (χ2v) is 4.84. The molecule has 88 valence electrons. The van der Waals surface area contributed by atoms with Gasteiger partial charge < -0.3 is 5.73 Å². The number of rotatable bonds is 4. The van der Waals surface area contributed by atoms with Gasteiger partial charge in [-0.1, -0.05) is 19.9 Å². The molecule has 2 atom stereocenters. The van der Waals surface area contributed by atoms with Crippen molar-refractivity contribution in [2.45, 2.75) is 33.0 Å². The van der Waals surface area contributed by atoms with E-state index >= 15 is 0 Å². The largest absolute Gasteiger partial charge is 0.316 e. The van der Waals surface area contributed by atoms with Gasteiger partial charge in [-0.05, 0) is 12.8 Å². The highest BCUT2D eigenvalue weighted by Gasteiger charge is 2.30. The molecule has 2 N–H and O–H groups in total. The SMILES string of the molecule is C=CCN1CCN([C@H](C)N)[C@@H](C(C)C)C1. The maximum Gasteiger partial charge on any atom is 0.0546 e. The minimum atomic E-state index is 0.170. The zero-order valence-electron chi connectivity index (χ0n) is 10.3. The molecule has 0 aromatic rings. The van der Waals surface area contributed by atoms with Crippen molar-refractivity contribution in [1.82, 2.24) is 9.80 Å². The third kappa shape index (κ3) is 3.30. The topological polar surface area (TPSA) is 32.5 Å². The number of hydrogen-bond donors (Lipinski definition) is 1. The van der Waals surface area contributed by atoms with Crippen LogP contribution in [0.1, 0.15) is 20.8 Å². The molecule has 0 saturated carbocycles. The van der Waals surface area contributed by atoms with Crippen molar-refractivity contribution in [3.8, 4) is 0 Å². The summed E-state index contributed by atoms with van der Waals surface area (Å²) in [5.74, 6) is 0.656. The summed E-state index contributed by atoms with van der Waals surface area (Å²) in [4.78, 5) is 4.88. The van der Waals surface area contributed by atoms with E-state index in [2.05, 4.69) is 37.1 Å². The molecule has 0 spiro atoms. The highest BCUT2D eigenvalue weighted by atomic mass is 15.3. The van der Waals surface area contributed by atoms with E-state index < -0.39 is 0 Å². The zero-order chi connectivity index (χ0) is 11.4. The monoisotopic (exact) mass is 211 g/mol. The van der Waals surface area contributed by atoms with Crippen LogP contribution in [0.2, 0.25) is 0 Å². The first kappa shape index (κ1) is 12.7. The Balaban J connectivity index is 2.60. The van der Waals surface area contributed by atoms with Gasteiger partial charge in [0, 0.05) is 32.2 Å². The van der Waals surface area contributed by atoms with Crippen molar-refractivity contribution in [1.29, 1.82) is 0 Å². The van der Waals surface area contributed by atoms with Gasteiger partial charge in [-0.3, -0.25) is 9.80 Å². The van der Waals surface area contributed by atoms with E-state index in [0.29, 0.717) is 12.0 Å². The van der Waals surface area contributed by atoms with Crippen LogP contribution in [-0.2, 0) is 0 Å². The Kier molecular flexibility index (Phi) is 4.77.